The predicted molar refractivity (Wildman–Crippen MR) is 56.2 cm³/mol. The first-order valence-corrected chi connectivity index (χ1v) is 4.14. The second-order valence-corrected chi connectivity index (χ2v) is 2.81. The van der Waals surface area contributed by atoms with E-state index < -0.39 is 12.1 Å². The summed E-state index contributed by atoms with van der Waals surface area (Å²) in [5, 5.41) is 0. The van der Waals surface area contributed by atoms with Gasteiger partial charge in [0.25, 0.3) is 0 Å². The molecule has 0 rings (SSSR count). The van der Waals surface area contributed by atoms with E-state index in [1.54, 1.807) is 6.92 Å². The Morgan fingerprint density at radius 2 is 1.73 bits per heavy atom. The molecule has 0 bridgehead atoms. The summed E-state index contributed by atoms with van der Waals surface area (Å²) >= 11 is 0. The smallest absolute Gasteiger partial charge is 0.338 e. The first-order valence-electron chi connectivity index (χ1n) is 4.14. The summed E-state index contributed by atoms with van der Waals surface area (Å²) in [4.78, 5) is 28.0. The topological polar surface area (TPSA) is 120 Å². The minimum absolute atomic E-state index is 0.147. The number of nitrogens with zero attached hydrogens (tertiary/aromatic N) is 2. The van der Waals surface area contributed by atoms with Crippen LogP contribution in [0, 0.1) is 0 Å². The molecule has 4 amide bonds. The highest BCUT2D eigenvalue weighted by molar-refractivity contribution is 6.09. The lowest BCUT2D eigenvalue weighted by atomic mass is 10.2. The van der Waals surface area contributed by atoms with E-state index in [1.165, 1.54) is 7.11 Å². The van der Waals surface area contributed by atoms with Gasteiger partial charge in [0.2, 0.25) is 0 Å². The number of hydrogen-bond donors (Lipinski definition) is 2. The highest BCUT2D eigenvalue weighted by Gasteiger charge is 2.04. The second kappa shape index (κ2) is 6.66. The van der Waals surface area contributed by atoms with Gasteiger partial charge in [-0.05, 0) is 6.92 Å². The van der Waals surface area contributed by atoms with Crippen molar-refractivity contribution in [3.05, 3.63) is 0 Å². The number of carbonyl (C=O) groups is 2. The van der Waals surface area contributed by atoms with Crippen molar-refractivity contribution >= 4 is 23.5 Å². The van der Waals surface area contributed by atoms with Gasteiger partial charge in [0.1, 0.15) is 0 Å². The highest BCUT2D eigenvalue weighted by atomic mass is 16.5. The summed E-state index contributed by atoms with van der Waals surface area (Å²) in [6, 6.07) is -1.60. The standard InChI is InChI=1S/C8H14N4O3/c1-5(11-7(9)13)3-6(4-15-2)12-8(10)14/h3-4H2,1-2H3,(H2,9,13)(H2,10,14)/b11-5+,12-6-. The molecule has 0 radical (unpaired) electrons. The van der Waals surface area contributed by atoms with Crippen molar-refractivity contribution in [1.29, 1.82) is 0 Å². The van der Waals surface area contributed by atoms with Crippen LogP contribution >= 0.6 is 0 Å². The van der Waals surface area contributed by atoms with Crippen molar-refractivity contribution in [3.63, 3.8) is 0 Å². The molecule has 0 aromatic heterocycles. The summed E-state index contributed by atoms with van der Waals surface area (Å²) in [5.41, 5.74) is 10.6. The molecule has 0 aromatic carbocycles. The van der Waals surface area contributed by atoms with Crippen molar-refractivity contribution in [2.75, 3.05) is 13.7 Å². The molecule has 0 saturated heterocycles. The third kappa shape index (κ3) is 7.32. The van der Waals surface area contributed by atoms with Gasteiger partial charge in [0.15, 0.2) is 0 Å². The van der Waals surface area contributed by atoms with Crippen LogP contribution in [-0.2, 0) is 4.74 Å². The number of aliphatic imine (C=N–C) groups is 2. The maximum atomic E-state index is 10.5. The zero-order valence-electron chi connectivity index (χ0n) is 8.69. The number of rotatable bonds is 4. The van der Waals surface area contributed by atoms with Crippen molar-refractivity contribution in [2.24, 2.45) is 21.5 Å². The average molecular weight is 214 g/mol. The number of carbonyl (C=O) groups excluding carboxylic acids is 2. The van der Waals surface area contributed by atoms with Gasteiger partial charge in [-0.2, -0.15) is 0 Å². The number of amides is 4. The molecule has 0 saturated carbocycles. The molecule has 0 aliphatic heterocycles. The average Bonchev–Trinajstić information content (AvgIpc) is 2.00. The van der Waals surface area contributed by atoms with Gasteiger partial charge in [0, 0.05) is 19.2 Å². The Kier molecular flexibility index (Phi) is 5.88. The zero-order valence-corrected chi connectivity index (χ0v) is 8.69. The third-order valence-corrected chi connectivity index (χ3v) is 1.34. The van der Waals surface area contributed by atoms with Gasteiger partial charge in [-0.3, -0.25) is 0 Å². The van der Waals surface area contributed by atoms with Crippen LogP contribution in [0.1, 0.15) is 13.3 Å². The number of methoxy groups -OCH3 is 1. The van der Waals surface area contributed by atoms with Crippen molar-refractivity contribution in [1.82, 2.24) is 0 Å². The van der Waals surface area contributed by atoms with E-state index >= 15 is 0 Å². The van der Waals surface area contributed by atoms with Gasteiger partial charge in [-0.25, -0.2) is 19.6 Å². The fraction of sp³-hybridized carbons (Fsp3) is 0.500. The third-order valence-electron chi connectivity index (χ3n) is 1.34. The summed E-state index contributed by atoms with van der Waals surface area (Å²) in [6.07, 6.45) is 0.222. The van der Waals surface area contributed by atoms with Gasteiger partial charge in [-0.15, -0.1) is 0 Å². The van der Waals surface area contributed by atoms with Gasteiger partial charge >= 0.3 is 12.1 Å². The fourth-order valence-electron chi connectivity index (χ4n) is 0.968. The van der Waals surface area contributed by atoms with Crippen LogP contribution in [0.25, 0.3) is 0 Å². The van der Waals surface area contributed by atoms with E-state index in [2.05, 4.69) is 9.98 Å². The summed E-state index contributed by atoms with van der Waals surface area (Å²) in [6.45, 7) is 1.74. The SMILES string of the molecule is COC/C(C/C(C)=N/C(N)=O)=N\C(N)=O. The molecule has 7 heteroatoms. The quantitative estimate of drug-likeness (QED) is 0.644. The van der Waals surface area contributed by atoms with Crippen molar-refractivity contribution in [2.45, 2.75) is 13.3 Å². The molecular formula is C8H14N4O3. The lowest BCUT2D eigenvalue weighted by Gasteiger charge is -2.03. The normalized spacial score (nSPS) is 12.7. The molecule has 0 atom stereocenters. The van der Waals surface area contributed by atoms with Crippen LogP contribution in [0.5, 0.6) is 0 Å². The van der Waals surface area contributed by atoms with Crippen LogP contribution in [0.3, 0.4) is 0 Å². The van der Waals surface area contributed by atoms with E-state index in [1.807, 2.05) is 0 Å². The van der Waals surface area contributed by atoms with E-state index in [9.17, 15) is 9.59 Å². The first kappa shape index (κ1) is 13.2. The van der Waals surface area contributed by atoms with Gasteiger partial charge < -0.3 is 16.2 Å². The molecule has 0 fully saturated rings. The number of hydrogen-bond acceptors (Lipinski definition) is 3. The molecule has 0 heterocycles. The molecule has 0 aliphatic carbocycles. The molecule has 4 N–H and O–H groups in total. The minimum Gasteiger partial charge on any atom is -0.379 e. The largest absolute Gasteiger partial charge is 0.379 e. The van der Waals surface area contributed by atoms with Gasteiger partial charge in [-0.1, -0.05) is 0 Å². The maximum absolute atomic E-state index is 10.5. The number of primary amides is 2. The Bertz CT molecular complexity index is 309. The molecule has 15 heavy (non-hydrogen) atoms. The fourth-order valence-corrected chi connectivity index (χ4v) is 0.968. The predicted octanol–water partition coefficient (Wildman–Crippen LogP) is 0.0822. The molecule has 0 aliphatic rings. The summed E-state index contributed by atoms with van der Waals surface area (Å²) < 4.78 is 4.80. The Labute approximate surface area is 87.2 Å². The molecular weight excluding hydrogens is 200 g/mol. The molecule has 0 spiro atoms. The minimum atomic E-state index is -0.811. The summed E-state index contributed by atoms with van der Waals surface area (Å²) in [5.74, 6) is 0. The lowest BCUT2D eigenvalue weighted by Crippen LogP contribution is -2.18. The highest BCUT2D eigenvalue weighted by Crippen LogP contribution is 1.93. The Hall–Kier alpha value is -1.76. The Balaban J connectivity index is 4.55. The summed E-state index contributed by atoms with van der Waals surface area (Å²) in [7, 11) is 1.46. The molecule has 7 nitrogen and oxygen atoms in total. The van der Waals surface area contributed by atoms with Crippen molar-refractivity contribution in [3.8, 4) is 0 Å². The van der Waals surface area contributed by atoms with E-state index in [0.29, 0.717) is 11.4 Å². The van der Waals surface area contributed by atoms with E-state index in [4.69, 9.17) is 16.2 Å². The molecule has 0 unspecified atom stereocenters. The van der Waals surface area contributed by atoms with E-state index in [-0.39, 0.29) is 13.0 Å². The monoisotopic (exact) mass is 214 g/mol. The number of ether oxygens (including phenoxy) is 1. The zero-order chi connectivity index (χ0) is 11.8. The molecule has 84 valence electrons. The van der Waals surface area contributed by atoms with Crippen LogP contribution in [0.15, 0.2) is 9.98 Å². The van der Waals surface area contributed by atoms with Gasteiger partial charge in [0.05, 0.1) is 12.3 Å². The van der Waals surface area contributed by atoms with Crippen LogP contribution in [-0.4, -0.2) is 37.2 Å². The Morgan fingerprint density at radius 1 is 1.20 bits per heavy atom. The first-order chi connectivity index (χ1) is 6.95. The van der Waals surface area contributed by atoms with Crippen LogP contribution in [0.2, 0.25) is 0 Å². The number of urea groups is 2. The van der Waals surface area contributed by atoms with Crippen molar-refractivity contribution < 1.29 is 14.3 Å². The van der Waals surface area contributed by atoms with E-state index in [0.717, 1.165) is 0 Å². The Morgan fingerprint density at radius 3 is 2.13 bits per heavy atom. The van der Waals surface area contributed by atoms with Crippen LogP contribution < -0.4 is 11.5 Å². The molecule has 0 aromatic rings. The lowest BCUT2D eigenvalue weighted by molar-refractivity contribution is 0.242. The maximum Gasteiger partial charge on any atom is 0.338 e. The number of nitrogens with two attached hydrogens (primary N) is 2. The second-order valence-electron chi connectivity index (χ2n) is 2.81. The van der Waals surface area contributed by atoms with Crippen LogP contribution in [0.4, 0.5) is 9.59 Å².